The number of hydrogen-bond donors (Lipinski definition) is 0. The Morgan fingerprint density at radius 1 is 0.238 bits per heavy atom. The minimum atomic E-state index is -0.359. The van der Waals surface area contributed by atoms with Crippen LogP contribution in [0.2, 0.25) is 0 Å². The number of hydrogen-bond acceptors (Lipinski definition) is 3. The van der Waals surface area contributed by atoms with Gasteiger partial charge in [-0.3, -0.25) is 0 Å². The fourth-order valence-corrected chi connectivity index (χ4v) is 10.5. The first-order valence-electron chi connectivity index (χ1n) is 21.6. The predicted molar refractivity (Wildman–Crippen MR) is 258 cm³/mol. The lowest BCUT2D eigenvalue weighted by molar-refractivity contribution is 0.794. The number of fused-ring (bicyclic) bond motifs is 12. The maximum Gasteiger partial charge on any atom is 0.164 e. The molecule has 2 aliphatic rings. The molecule has 10 aromatic carbocycles. The number of nitrogens with zero attached hydrogens (tertiary/aromatic N) is 3. The second kappa shape index (κ2) is 13.9. The summed E-state index contributed by atoms with van der Waals surface area (Å²) in [7, 11) is 0. The molecule has 0 bridgehead atoms. The van der Waals surface area contributed by atoms with Crippen LogP contribution in [0, 0.1) is 0 Å². The van der Waals surface area contributed by atoms with E-state index in [9.17, 15) is 0 Å². The van der Waals surface area contributed by atoms with Crippen molar-refractivity contribution < 1.29 is 0 Å². The van der Waals surface area contributed by atoms with Gasteiger partial charge < -0.3 is 0 Å². The summed E-state index contributed by atoms with van der Waals surface area (Å²) >= 11 is 0. The molecule has 63 heavy (non-hydrogen) atoms. The Kier molecular flexibility index (Phi) is 7.82. The molecular formula is C60H37N3. The average molecular weight is 800 g/mol. The molecule has 292 valence electrons. The number of rotatable bonds is 5. The molecule has 0 radical (unpaired) electrons. The first-order valence-corrected chi connectivity index (χ1v) is 21.6. The summed E-state index contributed by atoms with van der Waals surface area (Å²) in [5, 5.41) is 4.66. The van der Waals surface area contributed by atoms with Crippen LogP contribution in [0.4, 0.5) is 0 Å². The highest BCUT2D eigenvalue weighted by molar-refractivity contribution is 6.00. The van der Waals surface area contributed by atoms with Crippen molar-refractivity contribution in [2.45, 2.75) is 5.41 Å². The van der Waals surface area contributed by atoms with Crippen molar-refractivity contribution in [1.82, 2.24) is 15.0 Å². The third-order valence-corrected chi connectivity index (χ3v) is 13.3. The maximum absolute atomic E-state index is 5.09. The van der Waals surface area contributed by atoms with Crippen molar-refractivity contribution in [1.29, 1.82) is 0 Å². The Labute approximate surface area is 365 Å². The van der Waals surface area contributed by atoms with Gasteiger partial charge in [0.15, 0.2) is 17.5 Å². The molecular weight excluding hydrogens is 763 g/mol. The molecule has 1 aromatic heterocycles. The third-order valence-electron chi connectivity index (χ3n) is 13.3. The van der Waals surface area contributed by atoms with Gasteiger partial charge in [0.25, 0.3) is 0 Å². The lowest BCUT2D eigenvalue weighted by atomic mass is 9.70. The van der Waals surface area contributed by atoms with E-state index in [-0.39, 0.29) is 5.41 Å². The third kappa shape index (κ3) is 5.43. The smallest absolute Gasteiger partial charge is 0.164 e. The van der Waals surface area contributed by atoms with E-state index in [0.29, 0.717) is 17.5 Å². The molecule has 0 N–H and O–H groups in total. The van der Waals surface area contributed by atoms with Crippen LogP contribution in [0.15, 0.2) is 224 Å². The van der Waals surface area contributed by atoms with E-state index in [2.05, 4.69) is 224 Å². The minimum absolute atomic E-state index is 0.359. The van der Waals surface area contributed by atoms with Gasteiger partial charge in [-0.25, -0.2) is 15.0 Å². The zero-order chi connectivity index (χ0) is 41.5. The van der Waals surface area contributed by atoms with Crippen LogP contribution in [0.3, 0.4) is 0 Å². The SMILES string of the molecule is c1ccc2c(c1)-c1ccccc1C21c2ccccc2-c2c(-c3ccc(-c4ccc(-c5nc(-c6ccc7ccccc7c6)nc(-c6ccc7ccccc7c6)n5)cc4)cc3)cccc21. The van der Waals surface area contributed by atoms with E-state index >= 15 is 0 Å². The molecule has 1 heterocycles. The maximum atomic E-state index is 5.09. The summed E-state index contributed by atoms with van der Waals surface area (Å²) in [6, 6.07) is 81.2. The monoisotopic (exact) mass is 799 g/mol. The zero-order valence-corrected chi connectivity index (χ0v) is 34.2. The fraction of sp³-hybridized carbons (Fsp3) is 0.0167. The fourth-order valence-electron chi connectivity index (χ4n) is 10.5. The van der Waals surface area contributed by atoms with Crippen LogP contribution < -0.4 is 0 Å². The summed E-state index contributed by atoms with van der Waals surface area (Å²) in [6.45, 7) is 0. The summed E-state index contributed by atoms with van der Waals surface area (Å²) in [5.74, 6) is 1.94. The van der Waals surface area contributed by atoms with Gasteiger partial charge in [-0.15, -0.1) is 0 Å². The first-order chi connectivity index (χ1) is 31.2. The van der Waals surface area contributed by atoms with Crippen LogP contribution in [-0.4, -0.2) is 15.0 Å². The van der Waals surface area contributed by atoms with Crippen molar-refractivity contribution in [2.24, 2.45) is 0 Å². The lowest BCUT2D eigenvalue weighted by Gasteiger charge is -2.30. The molecule has 0 saturated heterocycles. The van der Waals surface area contributed by atoms with Crippen molar-refractivity contribution in [2.75, 3.05) is 0 Å². The largest absolute Gasteiger partial charge is 0.208 e. The first kappa shape index (κ1) is 35.5. The van der Waals surface area contributed by atoms with Gasteiger partial charge in [-0.05, 0) is 100 Å². The van der Waals surface area contributed by atoms with E-state index in [0.717, 1.165) is 38.6 Å². The molecule has 0 atom stereocenters. The van der Waals surface area contributed by atoms with Gasteiger partial charge in [-0.1, -0.05) is 212 Å². The van der Waals surface area contributed by atoms with E-state index in [4.69, 9.17) is 15.0 Å². The van der Waals surface area contributed by atoms with Gasteiger partial charge in [0.1, 0.15) is 0 Å². The summed E-state index contributed by atoms with van der Waals surface area (Å²) in [6.07, 6.45) is 0. The second-order valence-electron chi connectivity index (χ2n) is 16.7. The predicted octanol–water partition coefficient (Wildman–Crippen LogP) is 14.9. The van der Waals surface area contributed by atoms with E-state index in [1.807, 2.05) is 0 Å². The summed E-state index contributed by atoms with van der Waals surface area (Å²) in [4.78, 5) is 15.2. The van der Waals surface area contributed by atoms with Crippen molar-refractivity contribution in [3.63, 3.8) is 0 Å². The van der Waals surface area contributed by atoms with Crippen LogP contribution in [0.25, 0.3) is 100 Å². The Morgan fingerprint density at radius 2 is 0.603 bits per heavy atom. The molecule has 3 heteroatoms. The molecule has 0 saturated carbocycles. The highest BCUT2D eigenvalue weighted by Crippen LogP contribution is 2.63. The normalized spacial score (nSPS) is 12.9. The van der Waals surface area contributed by atoms with Crippen molar-refractivity contribution in [3.8, 4) is 78.7 Å². The molecule has 0 amide bonds. The molecule has 0 unspecified atom stereocenters. The topological polar surface area (TPSA) is 38.7 Å². The van der Waals surface area contributed by atoms with E-state index in [1.54, 1.807) is 0 Å². The second-order valence-corrected chi connectivity index (χ2v) is 16.7. The highest BCUT2D eigenvalue weighted by Gasteiger charge is 2.51. The summed E-state index contributed by atoms with van der Waals surface area (Å²) in [5.41, 5.74) is 17.9. The van der Waals surface area contributed by atoms with E-state index in [1.165, 1.54) is 66.4 Å². The molecule has 11 aromatic rings. The summed E-state index contributed by atoms with van der Waals surface area (Å²) < 4.78 is 0. The zero-order valence-electron chi connectivity index (χ0n) is 34.2. The number of aromatic nitrogens is 3. The Balaban J connectivity index is 0.872. The van der Waals surface area contributed by atoms with Crippen LogP contribution in [-0.2, 0) is 5.41 Å². The van der Waals surface area contributed by atoms with Crippen LogP contribution >= 0.6 is 0 Å². The van der Waals surface area contributed by atoms with Gasteiger partial charge in [-0.2, -0.15) is 0 Å². The Morgan fingerprint density at radius 3 is 1.14 bits per heavy atom. The van der Waals surface area contributed by atoms with Gasteiger partial charge in [0, 0.05) is 16.7 Å². The highest BCUT2D eigenvalue weighted by atomic mass is 15.0. The van der Waals surface area contributed by atoms with Gasteiger partial charge >= 0.3 is 0 Å². The molecule has 3 nitrogen and oxygen atoms in total. The molecule has 13 rings (SSSR count). The van der Waals surface area contributed by atoms with E-state index < -0.39 is 0 Å². The lowest BCUT2D eigenvalue weighted by Crippen LogP contribution is -2.25. The molecule has 2 aliphatic carbocycles. The quantitative estimate of drug-likeness (QED) is 0.174. The standard InChI is InChI=1S/C60H37N3/c1-3-14-44-36-46(34-28-38(44)12-1)58-61-57(62-59(63-58)47-35-29-39-13-2-4-15-45(39)37-47)43-32-26-41(27-33-43)40-24-30-42(31-25-40)48-19-11-23-55-56(48)51-18-7-10-22-54(51)60(55)52-20-8-5-16-49(52)50-17-6-9-21-53(50)60/h1-37H. The molecule has 0 aliphatic heterocycles. The average Bonchev–Trinajstić information content (AvgIpc) is 3.84. The number of benzene rings is 10. The van der Waals surface area contributed by atoms with Crippen molar-refractivity contribution in [3.05, 3.63) is 247 Å². The van der Waals surface area contributed by atoms with Crippen LogP contribution in [0.5, 0.6) is 0 Å². The van der Waals surface area contributed by atoms with Crippen LogP contribution in [0.1, 0.15) is 22.3 Å². The van der Waals surface area contributed by atoms with Gasteiger partial charge in [0.05, 0.1) is 5.41 Å². The Bertz CT molecular complexity index is 3480. The molecule has 1 spiro atoms. The molecule has 0 fully saturated rings. The van der Waals surface area contributed by atoms with Crippen molar-refractivity contribution >= 4 is 21.5 Å². The Hall–Kier alpha value is -8.27. The van der Waals surface area contributed by atoms with Gasteiger partial charge in [0.2, 0.25) is 0 Å². The minimum Gasteiger partial charge on any atom is -0.208 e.